The van der Waals surface area contributed by atoms with Gasteiger partial charge in [0, 0.05) is 5.56 Å². The lowest BCUT2D eigenvalue weighted by atomic mass is 10.1. The van der Waals surface area contributed by atoms with E-state index in [1.807, 2.05) is 0 Å². The average Bonchev–Trinajstić information content (AvgIpc) is 2.88. The molecule has 1 aromatic carbocycles. The molecule has 0 aliphatic heterocycles. The fourth-order valence-corrected chi connectivity index (χ4v) is 1.95. The third-order valence-corrected chi connectivity index (χ3v) is 3.14. The number of nitrogens with zero attached hydrogens (tertiary/aromatic N) is 3. The van der Waals surface area contributed by atoms with Gasteiger partial charge in [0.25, 0.3) is 0 Å². The topological polar surface area (TPSA) is 75.3 Å². The van der Waals surface area contributed by atoms with Gasteiger partial charge in [0.2, 0.25) is 0 Å². The van der Waals surface area contributed by atoms with Crippen molar-refractivity contribution in [2.75, 3.05) is 13.6 Å². The van der Waals surface area contributed by atoms with Crippen LogP contribution in [0.5, 0.6) is 0 Å². The van der Waals surface area contributed by atoms with Gasteiger partial charge in [0.15, 0.2) is 0 Å². The first kappa shape index (κ1) is 14.2. The summed E-state index contributed by atoms with van der Waals surface area (Å²) in [4.78, 5) is 11.9. The number of aromatic nitrogens is 3. The summed E-state index contributed by atoms with van der Waals surface area (Å²) in [6, 6.07) is 8.46. The average molecular weight is 274 g/mol. The first-order chi connectivity index (χ1) is 9.54. The van der Waals surface area contributed by atoms with Crippen LogP contribution in [0.15, 0.2) is 30.5 Å². The zero-order valence-electron chi connectivity index (χ0n) is 11.7. The fourth-order valence-electron chi connectivity index (χ4n) is 1.95. The van der Waals surface area contributed by atoms with Crippen LogP contribution in [0.4, 0.5) is 0 Å². The Balaban J connectivity index is 1.83. The van der Waals surface area contributed by atoms with E-state index >= 15 is 0 Å². The maximum Gasteiger partial charge on any atom is 0.128 e. The highest BCUT2D eigenvalue weighted by atomic mass is 16.4. The monoisotopic (exact) mass is 274 g/mol. The summed E-state index contributed by atoms with van der Waals surface area (Å²) in [5, 5.41) is 17.9. The van der Waals surface area contributed by atoms with Crippen molar-refractivity contribution < 1.29 is 14.8 Å². The van der Waals surface area contributed by atoms with Gasteiger partial charge in [-0.05, 0) is 6.92 Å². The lowest BCUT2D eigenvalue weighted by Gasteiger charge is -2.13. The van der Waals surface area contributed by atoms with Crippen molar-refractivity contribution in [2.45, 2.75) is 20.0 Å². The molecule has 2 rings (SSSR count). The predicted octanol–water partition coefficient (Wildman–Crippen LogP) is -1.34. The van der Waals surface area contributed by atoms with Gasteiger partial charge < -0.3 is 14.8 Å². The number of carbonyl (C=O) groups excluding carboxylic acids is 1. The summed E-state index contributed by atoms with van der Waals surface area (Å²) in [6.45, 7) is 4.45. The minimum atomic E-state index is -1.29. The molecule has 0 radical (unpaired) electrons. The van der Waals surface area contributed by atoms with E-state index in [4.69, 9.17) is 0 Å². The van der Waals surface area contributed by atoms with Gasteiger partial charge in [-0.3, -0.25) is 0 Å². The molecule has 0 fully saturated rings. The number of carboxylic acids is 1. The Kier molecular flexibility index (Phi) is 4.47. The second-order valence-electron chi connectivity index (χ2n) is 5.02. The lowest BCUT2D eigenvalue weighted by Crippen LogP contribution is -3.08. The second-order valence-corrected chi connectivity index (χ2v) is 5.02. The number of nitrogens with one attached hydrogen (secondary N) is 1. The van der Waals surface area contributed by atoms with Gasteiger partial charge in [-0.1, -0.05) is 35.0 Å². The third-order valence-electron chi connectivity index (χ3n) is 3.14. The van der Waals surface area contributed by atoms with Crippen LogP contribution in [-0.4, -0.2) is 34.6 Å². The standard InChI is InChI=1S/C14H18N4O2/c1-11-3-5-12(6-4-11)9-17(2)7-8-18-10-13(14(19)20)15-16-18/h3-6,10H,7-9H2,1-2H3,(H,19,20). The van der Waals surface area contributed by atoms with Crippen LogP contribution in [-0.2, 0) is 13.1 Å². The third kappa shape index (κ3) is 3.89. The molecule has 106 valence electrons. The first-order valence-electron chi connectivity index (χ1n) is 6.53. The van der Waals surface area contributed by atoms with E-state index in [0.29, 0.717) is 6.54 Å². The summed E-state index contributed by atoms with van der Waals surface area (Å²) in [7, 11) is 2.09. The first-order valence-corrected chi connectivity index (χ1v) is 6.53. The Bertz CT molecular complexity index is 577. The second kappa shape index (κ2) is 6.29. The van der Waals surface area contributed by atoms with Crippen LogP contribution in [0.3, 0.4) is 0 Å². The number of benzene rings is 1. The number of likely N-dealkylation sites (N-methyl/N-ethyl adjacent to an activating group) is 1. The smallest absolute Gasteiger partial charge is 0.128 e. The molecular formula is C14H18N4O2. The van der Waals surface area contributed by atoms with Crippen molar-refractivity contribution in [1.82, 2.24) is 15.0 Å². The number of rotatable bonds is 6. The molecule has 20 heavy (non-hydrogen) atoms. The molecule has 6 nitrogen and oxygen atoms in total. The molecule has 0 aliphatic rings. The Hall–Kier alpha value is -2.21. The minimum Gasteiger partial charge on any atom is -0.543 e. The van der Waals surface area contributed by atoms with Gasteiger partial charge in [0.1, 0.15) is 12.2 Å². The van der Waals surface area contributed by atoms with E-state index in [1.54, 1.807) is 0 Å². The highest BCUT2D eigenvalue weighted by Crippen LogP contribution is 2.01. The highest BCUT2D eigenvalue weighted by molar-refractivity contribution is 5.82. The molecule has 1 aromatic heterocycles. The molecule has 0 spiro atoms. The molecule has 1 atom stereocenters. The van der Waals surface area contributed by atoms with Crippen molar-refractivity contribution in [2.24, 2.45) is 0 Å². The van der Waals surface area contributed by atoms with E-state index < -0.39 is 5.97 Å². The van der Waals surface area contributed by atoms with E-state index in [1.165, 1.54) is 26.9 Å². The maximum atomic E-state index is 10.6. The summed E-state index contributed by atoms with van der Waals surface area (Å²) in [6.07, 6.45) is 1.40. The van der Waals surface area contributed by atoms with Crippen LogP contribution in [0.25, 0.3) is 0 Å². The molecule has 6 heteroatoms. The zero-order valence-corrected chi connectivity index (χ0v) is 11.7. The molecule has 2 aromatic rings. The van der Waals surface area contributed by atoms with Gasteiger partial charge in [-0.2, -0.15) is 0 Å². The minimum absolute atomic E-state index is 0.124. The van der Waals surface area contributed by atoms with Gasteiger partial charge in [0.05, 0.1) is 32.3 Å². The number of aryl methyl sites for hydroxylation is 1. The molecule has 1 heterocycles. The lowest BCUT2D eigenvalue weighted by molar-refractivity contribution is -0.894. The van der Waals surface area contributed by atoms with E-state index in [2.05, 4.69) is 48.5 Å². The van der Waals surface area contributed by atoms with Crippen LogP contribution in [0.1, 0.15) is 21.6 Å². The number of aromatic carboxylic acids is 1. The van der Waals surface area contributed by atoms with Gasteiger partial charge in [-0.15, -0.1) is 5.10 Å². The Morgan fingerprint density at radius 2 is 2.05 bits per heavy atom. The molecule has 0 saturated carbocycles. The molecule has 1 N–H and O–H groups in total. The number of carboxylic acid groups (broad SMARTS) is 1. The molecule has 0 saturated heterocycles. The van der Waals surface area contributed by atoms with E-state index in [-0.39, 0.29) is 5.69 Å². The summed E-state index contributed by atoms with van der Waals surface area (Å²) in [5.41, 5.74) is 2.41. The SMILES string of the molecule is Cc1ccc(C[NH+](C)CCn2cc(C(=O)[O-])nn2)cc1. The molecular weight excluding hydrogens is 256 g/mol. The van der Waals surface area contributed by atoms with E-state index in [0.717, 1.165) is 13.1 Å². The Morgan fingerprint density at radius 1 is 1.35 bits per heavy atom. The number of quaternary nitrogens is 1. The summed E-state index contributed by atoms with van der Waals surface area (Å²) in [5.74, 6) is -1.29. The van der Waals surface area contributed by atoms with Crippen molar-refractivity contribution in [3.8, 4) is 0 Å². The maximum absolute atomic E-state index is 10.6. The molecule has 0 bridgehead atoms. The Morgan fingerprint density at radius 3 is 2.65 bits per heavy atom. The largest absolute Gasteiger partial charge is 0.543 e. The molecule has 0 amide bonds. The van der Waals surface area contributed by atoms with Crippen LogP contribution >= 0.6 is 0 Å². The summed E-state index contributed by atoms with van der Waals surface area (Å²) < 4.78 is 1.53. The Labute approximate surface area is 117 Å². The van der Waals surface area contributed by atoms with Crippen molar-refractivity contribution >= 4 is 5.97 Å². The van der Waals surface area contributed by atoms with Crippen molar-refractivity contribution in [3.63, 3.8) is 0 Å². The predicted molar refractivity (Wildman–Crippen MR) is 71.0 cm³/mol. The number of hydrogen-bond acceptors (Lipinski definition) is 4. The van der Waals surface area contributed by atoms with E-state index in [9.17, 15) is 9.90 Å². The van der Waals surface area contributed by atoms with Crippen LogP contribution < -0.4 is 10.0 Å². The van der Waals surface area contributed by atoms with Gasteiger partial charge >= 0.3 is 0 Å². The van der Waals surface area contributed by atoms with Crippen LogP contribution in [0, 0.1) is 6.92 Å². The highest BCUT2D eigenvalue weighted by Gasteiger charge is 2.06. The normalized spacial score (nSPS) is 12.3. The quantitative estimate of drug-likeness (QED) is 0.708. The van der Waals surface area contributed by atoms with Crippen molar-refractivity contribution in [3.05, 3.63) is 47.3 Å². The molecule has 0 aliphatic carbocycles. The fraction of sp³-hybridized carbons (Fsp3) is 0.357. The van der Waals surface area contributed by atoms with Crippen molar-refractivity contribution in [1.29, 1.82) is 0 Å². The zero-order chi connectivity index (χ0) is 14.5. The van der Waals surface area contributed by atoms with Crippen LogP contribution in [0.2, 0.25) is 0 Å². The number of hydrogen-bond donors (Lipinski definition) is 1. The molecule has 1 unspecified atom stereocenters. The summed E-state index contributed by atoms with van der Waals surface area (Å²) >= 11 is 0. The number of carbonyl (C=O) groups is 1. The van der Waals surface area contributed by atoms with Gasteiger partial charge in [-0.25, -0.2) is 4.68 Å².